The summed E-state index contributed by atoms with van der Waals surface area (Å²) in [5, 5.41) is 0. The molecule has 0 amide bonds. The van der Waals surface area contributed by atoms with Crippen molar-refractivity contribution in [3.63, 3.8) is 0 Å². The average Bonchev–Trinajstić information content (AvgIpc) is 2.77. The Bertz CT molecular complexity index is 577. The summed E-state index contributed by atoms with van der Waals surface area (Å²) in [4.78, 5) is 5.18. The van der Waals surface area contributed by atoms with E-state index in [0.717, 1.165) is 0 Å². The van der Waals surface area contributed by atoms with Crippen molar-refractivity contribution in [2.45, 2.75) is 57.8 Å². The molecule has 112 valence electrons. The predicted octanol–water partition coefficient (Wildman–Crippen LogP) is 4.70. The number of nitrogens with zero attached hydrogens (tertiary/aromatic N) is 1. The van der Waals surface area contributed by atoms with E-state index in [4.69, 9.17) is 4.99 Å². The molecule has 1 saturated carbocycles. The van der Waals surface area contributed by atoms with Crippen LogP contribution in [0.1, 0.15) is 43.2 Å². The van der Waals surface area contributed by atoms with E-state index in [2.05, 4.69) is 49.6 Å². The molecule has 1 aliphatic carbocycles. The molecule has 1 heterocycles. The van der Waals surface area contributed by atoms with Gasteiger partial charge in [0.15, 0.2) is 0 Å². The number of hydrogen-bond donors (Lipinski definition) is 0. The van der Waals surface area contributed by atoms with E-state index >= 15 is 0 Å². The zero-order chi connectivity index (χ0) is 14.9. The van der Waals surface area contributed by atoms with Crippen molar-refractivity contribution in [1.29, 1.82) is 0 Å². The molecule has 21 heavy (non-hydrogen) atoms. The Morgan fingerprint density at radius 2 is 1.71 bits per heavy atom. The summed E-state index contributed by atoms with van der Waals surface area (Å²) in [6.45, 7) is 7.28. The summed E-state index contributed by atoms with van der Waals surface area (Å²) in [5.41, 5.74) is 5.48. The molecule has 0 radical (unpaired) electrons. The van der Waals surface area contributed by atoms with Gasteiger partial charge < -0.3 is 0 Å². The molecule has 0 unspecified atom stereocenters. The van der Waals surface area contributed by atoms with Gasteiger partial charge in [-0.25, -0.2) is 0 Å². The van der Waals surface area contributed by atoms with Gasteiger partial charge in [-0.2, -0.15) is 0 Å². The fourth-order valence-electron chi connectivity index (χ4n) is 3.07. The summed E-state index contributed by atoms with van der Waals surface area (Å²) < 4.78 is 3.00. The maximum absolute atomic E-state index is 5.18. The van der Waals surface area contributed by atoms with Crippen LogP contribution in [-0.2, 0) is 0 Å². The number of benzene rings is 1. The van der Waals surface area contributed by atoms with E-state index in [1.54, 1.807) is 4.47 Å². The average molecular weight is 362 g/mol. The number of aliphatic imine (C=N–C) groups is 1. The van der Waals surface area contributed by atoms with Crippen LogP contribution in [0.4, 0.5) is 0 Å². The maximum atomic E-state index is 5.18. The minimum atomic E-state index is -1.17. The quantitative estimate of drug-likeness (QED) is 0.676. The number of hydrogen-bond acceptors (Lipinski definition) is 1. The van der Waals surface area contributed by atoms with Crippen LogP contribution in [0.3, 0.4) is 0 Å². The first-order chi connectivity index (χ1) is 10.0. The van der Waals surface area contributed by atoms with Crippen molar-refractivity contribution in [1.82, 2.24) is 0 Å². The van der Waals surface area contributed by atoms with Gasteiger partial charge in [0.05, 0.1) is 0 Å². The molecule has 0 bridgehead atoms. The molecule has 3 rings (SSSR count). The van der Waals surface area contributed by atoms with Crippen molar-refractivity contribution < 1.29 is 0 Å². The van der Waals surface area contributed by atoms with Crippen LogP contribution in [0.5, 0.6) is 0 Å². The van der Waals surface area contributed by atoms with Crippen LogP contribution in [0.25, 0.3) is 4.47 Å². The standard InChI is InChI=1S/C18H25NSeSi/c1-21(2,3)13-17-15-11-7-8-12-16(15)18(20-17)19-14-9-5-4-6-10-14/h7-8,11-14H,4-6,9-10H2,1-3H3/b17-13-,19-18?. The molecule has 3 heteroatoms. The first-order valence-corrected chi connectivity index (χ1v) is 13.4. The van der Waals surface area contributed by atoms with Gasteiger partial charge in [-0.05, 0) is 0 Å². The molecule has 1 nitrogen and oxygen atoms in total. The third-order valence-corrected chi connectivity index (χ3v) is 7.95. The fraction of sp³-hybridized carbons (Fsp3) is 0.500. The van der Waals surface area contributed by atoms with Gasteiger partial charge in [-0.15, -0.1) is 0 Å². The molecule has 0 aromatic heterocycles. The van der Waals surface area contributed by atoms with E-state index < -0.39 is 8.07 Å². The second kappa shape index (κ2) is 6.24. The normalized spacial score (nSPS) is 23.8. The Hall–Kier alpha value is -0.634. The van der Waals surface area contributed by atoms with E-state index in [9.17, 15) is 0 Å². The summed E-state index contributed by atoms with van der Waals surface area (Å²) in [5.74, 6) is 0. The van der Waals surface area contributed by atoms with Crippen LogP contribution in [0.15, 0.2) is 35.0 Å². The molecular formula is C18H25NSeSi. The minimum absolute atomic E-state index is 0.418. The van der Waals surface area contributed by atoms with Crippen molar-refractivity contribution in [3.8, 4) is 0 Å². The molecule has 0 N–H and O–H groups in total. The molecule has 2 aliphatic rings. The van der Waals surface area contributed by atoms with Crippen LogP contribution < -0.4 is 0 Å². The van der Waals surface area contributed by atoms with Gasteiger partial charge in [-0.3, -0.25) is 0 Å². The van der Waals surface area contributed by atoms with Gasteiger partial charge in [0.1, 0.15) is 0 Å². The predicted molar refractivity (Wildman–Crippen MR) is 96.9 cm³/mol. The summed E-state index contributed by atoms with van der Waals surface area (Å²) in [7, 11) is -1.17. The Morgan fingerprint density at radius 1 is 1.05 bits per heavy atom. The Kier molecular flexibility index (Phi) is 4.53. The molecule has 1 aromatic rings. The van der Waals surface area contributed by atoms with Gasteiger partial charge in [0.2, 0.25) is 0 Å². The molecule has 0 saturated heterocycles. The van der Waals surface area contributed by atoms with Crippen molar-refractivity contribution in [2.75, 3.05) is 0 Å². The second-order valence-electron chi connectivity index (χ2n) is 7.25. The zero-order valence-corrected chi connectivity index (χ0v) is 16.1. The van der Waals surface area contributed by atoms with Crippen LogP contribution >= 0.6 is 0 Å². The molecule has 1 fully saturated rings. The van der Waals surface area contributed by atoms with E-state index in [-0.39, 0.29) is 0 Å². The zero-order valence-electron chi connectivity index (χ0n) is 13.4. The Balaban J connectivity index is 1.94. The summed E-state index contributed by atoms with van der Waals surface area (Å²) in [6.07, 6.45) is 6.74. The van der Waals surface area contributed by atoms with Crippen molar-refractivity contribution in [3.05, 3.63) is 41.1 Å². The van der Waals surface area contributed by atoms with Crippen LogP contribution in [-0.4, -0.2) is 33.7 Å². The van der Waals surface area contributed by atoms with Gasteiger partial charge in [0, 0.05) is 0 Å². The third kappa shape index (κ3) is 3.77. The van der Waals surface area contributed by atoms with Crippen molar-refractivity contribution >= 4 is 32.1 Å². The topological polar surface area (TPSA) is 12.4 Å². The summed E-state index contributed by atoms with van der Waals surface area (Å²) >= 11 is 0.418. The molecular weight excluding hydrogens is 337 g/mol. The second-order valence-corrected chi connectivity index (χ2v) is 14.4. The van der Waals surface area contributed by atoms with Crippen LogP contribution in [0, 0.1) is 0 Å². The summed E-state index contributed by atoms with van der Waals surface area (Å²) in [6, 6.07) is 9.52. The molecule has 1 aliphatic heterocycles. The van der Waals surface area contributed by atoms with Gasteiger partial charge >= 0.3 is 136 Å². The molecule has 1 aromatic carbocycles. The van der Waals surface area contributed by atoms with Crippen LogP contribution in [0.2, 0.25) is 19.6 Å². The first-order valence-electron chi connectivity index (χ1n) is 8.11. The Labute approximate surface area is 136 Å². The third-order valence-electron chi connectivity index (χ3n) is 4.07. The SMILES string of the molecule is C[Si](C)(C)/C=C1\[Se]C(=NC2CCCCC2)c2ccccc21. The van der Waals surface area contributed by atoms with Gasteiger partial charge in [0.25, 0.3) is 0 Å². The van der Waals surface area contributed by atoms with Crippen molar-refractivity contribution in [2.24, 2.45) is 4.99 Å². The van der Waals surface area contributed by atoms with Gasteiger partial charge in [-0.1, -0.05) is 0 Å². The van der Waals surface area contributed by atoms with E-state index in [1.165, 1.54) is 47.8 Å². The molecule has 0 spiro atoms. The van der Waals surface area contributed by atoms with E-state index in [0.29, 0.717) is 21.0 Å². The molecule has 0 atom stereocenters. The monoisotopic (exact) mass is 363 g/mol. The number of fused-ring (bicyclic) bond motifs is 1. The first kappa shape index (κ1) is 15.3. The fourth-order valence-corrected chi connectivity index (χ4v) is 8.74. The Morgan fingerprint density at radius 3 is 2.38 bits per heavy atom. The number of rotatable bonds is 2. The van der Waals surface area contributed by atoms with E-state index in [1.807, 2.05) is 0 Å².